The number of fused-ring (bicyclic) bond motifs is 1. The third kappa shape index (κ3) is 4.65. The van der Waals surface area contributed by atoms with Gasteiger partial charge < -0.3 is 9.30 Å². The van der Waals surface area contributed by atoms with Crippen molar-refractivity contribution in [3.8, 4) is 5.75 Å². The van der Waals surface area contributed by atoms with E-state index in [0.29, 0.717) is 22.2 Å². The molecule has 3 aromatic rings. The number of thioether (sulfide) groups is 1. The van der Waals surface area contributed by atoms with Gasteiger partial charge in [-0.2, -0.15) is 0 Å². The second-order valence-corrected chi connectivity index (χ2v) is 9.72. The largest absolute Gasteiger partial charge is 0.497 e. The summed E-state index contributed by atoms with van der Waals surface area (Å²) in [4.78, 5) is 14.1. The zero-order valence-corrected chi connectivity index (χ0v) is 18.4. The molecule has 0 amide bonds. The van der Waals surface area contributed by atoms with Crippen LogP contribution in [-0.4, -0.2) is 16.9 Å². The Morgan fingerprint density at radius 1 is 1.10 bits per heavy atom. The van der Waals surface area contributed by atoms with E-state index in [0.717, 1.165) is 27.5 Å². The first-order valence-electron chi connectivity index (χ1n) is 10.2. The molecule has 152 valence electrons. The van der Waals surface area contributed by atoms with Crippen LogP contribution in [0.4, 0.5) is 0 Å². The molecule has 4 rings (SSSR count). The van der Waals surface area contributed by atoms with E-state index < -0.39 is 0 Å². The van der Waals surface area contributed by atoms with Gasteiger partial charge in [0.1, 0.15) is 5.75 Å². The number of aromatic nitrogens is 1. The van der Waals surface area contributed by atoms with Gasteiger partial charge in [-0.05, 0) is 72.9 Å². The van der Waals surface area contributed by atoms with E-state index in [1.165, 1.54) is 25.7 Å². The lowest BCUT2D eigenvalue weighted by atomic mass is 9.91. The van der Waals surface area contributed by atoms with Crippen LogP contribution < -0.4 is 10.3 Å². The zero-order chi connectivity index (χ0) is 20.4. The van der Waals surface area contributed by atoms with Crippen molar-refractivity contribution in [1.82, 2.24) is 4.57 Å². The number of rotatable bonds is 5. The monoisotopic (exact) mass is 427 g/mol. The number of methoxy groups -OCH3 is 1. The Labute approximate surface area is 181 Å². The van der Waals surface area contributed by atoms with Crippen molar-refractivity contribution >= 4 is 34.1 Å². The van der Waals surface area contributed by atoms with Crippen molar-refractivity contribution in [3.63, 3.8) is 0 Å². The first kappa shape index (κ1) is 20.4. The fraction of sp³-hybridized carbons (Fsp3) is 0.375. The summed E-state index contributed by atoms with van der Waals surface area (Å²) in [6, 6.07) is 13.7. The van der Waals surface area contributed by atoms with Gasteiger partial charge in [0.2, 0.25) is 0 Å². The standard InChI is InChI=1S/C24H26ClNO2S/c1-16-3-9-20(10-4-16)29-23-13-18-11-12-26(24(27)21(18)14-22(23)25)15-17-5-7-19(28-2)8-6-17/h5-8,11-14,16,20H,3-4,9-10,15H2,1-2H3. The molecular formula is C24H26ClNO2S. The van der Waals surface area contributed by atoms with Crippen LogP contribution in [0.15, 0.2) is 58.4 Å². The Morgan fingerprint density at radius 3 is 2.52 bits per heavy atom. The van der Waals surface area contributed by atoms with Gasteiger partial charge in [0, 0.05) is 21.7 Å². The van der Waals surface area contributed by atoms with Crippen molar-refractivity contribution in [2.45, 2.75) is 49.3 Å². The first-order valence-corrected chi connectivity index (χ1v) is 11.4. The SMILES string of the molecule is COc1ccc(Cn2ccc3cc(SC4CCC(C)CC4)c(Cl)cc3c2=O)cc1. The molecule has 1 aliphatic rings. The maximum Gasteiger partial charge on any atom is 0.258 e. The third-order valence-electron chi connectivity index (χ3n) is 5.80. The van der Waals surface area contributed by atoms with Crippen molar-refractivity contribution in [3.05, 3.63) is 69.6 Å². The minimum absolute atomic E-state index is 0.0109. The van der Waals surface area contributed by atoms with Crippen LogP contribution >= 0.6 is 23.4 Å². The maximum absolute atomic E-state index is 13.0. The Bertz CT molecular complexity index is 1050. The van der Waals surface area contributed by atoms with Crippen LogP contribution in [0.1, 0.15) is 38.2 Å². The summed E-state index contributed by atoms with van der Waals surface area (Å²) in [6.07, 6.45) is 6.94. The number of hydrogen-bond acceptors (Lipinski definition) is 3. The van der Waals surface area contributed by atoms with E-state index in [1.54, 1.807) is 11.7 Å². The lowest BCUT2D eigenvalue weighted by molar-refractivity contribution is 0.393. The fourth-order valence-electron chi connectivity index (χ4n) is 3.95. The van der Waals surface area contributed by atoms with Gasteiger partial charge in [0.05, 0.1) is 18.7 Å². The molecule has 1 saturated carbocycles. The van der Waals surface area contributed by atoms with Crippen molar-refractivity contribution in [2.24, 2.45) is 5.92 Å². The highest BCUT2D eigenvalue weighted by molar-refractivity contribution is 8.00. The number of benzene rings is 2. The molecule has 1 fully saturated rings. The molecule has 0 spiro atoms. The van der Waals surface area contributed by atoms with Crippen LogP contribution in [0.5, 0.6) is 5.75 Å². The summed E-state index contributed by atoms with van der Waals surface area (Å²) < 4.78 is 6.93. The number of pyridine rings is 1. The Balaban J connectivity index is 1.58. The van der Waals surface area contributed by atoms with E-state index in [4.69, 9.17) is 16.3 Å². The van der Waals surface area contributed by atoms with Gasteiger partial charge in [0.15, 0.2) is 0 Å². The molecule has 5 heteroatoms. The Kier molecular flexibility index (Phi) is 6.21. The first-order chi connectivity index (χ1) is 14.0. The third-order valence-corrected chi connectivity index (χ3v) is 7.62. The summed E-state index contributed by atoms with van der Waals surface area (Å²) in [5.41, 5.74) is 1.04. The van der Waals surface area contributed by atoms with E-state index in [9.17, 15) is 4.79 Å². The fourth-order valence-corrected chi connectivity index (χ4v) is 5.49. The van der Waals surface area contributed by atoms with E-state index >= 15 is 0 Å². The van der Waals surface area contributed by atoms with Crippen molar-refractivity contribution in [1.29, 1.82) is 0 Å². The van der Waals surface area contributed by atoms with Gasteiger partial charge >= 0.3 is 0 Å². The van der Waals surface area contributed by atoms with Gasteiger partial charge in [-0.25, -0.2) is 0 Å². The highest BCUT2D eigenvalue weighted by Crippen LogP contribution is 2.39. The molecule has 0 atom stereocenters. The van der Waals surface area contributed by atoms with Crippen molar-refractivity contribution < 1.29 is 4.74 Å². The summed E-state index contributed by atoms with van der Waals surface area (Å²) in [7, 11) is 1.65. The average Bonchev–Trinajstić information content (AvgIpc) is 2.73. The molecule has 2 aromatic carbocycles. The van der Waals surface area contributed by atoms with Gasteiger partial charge in [-0.15, -0.1) is 11.8 Å². The average molecular weight is 428 g/mol. The Morgan fingerprint density at radius 2 is 1.83 bits per heavy atom. The molecule has 0 N–H and O–H groups in total. The lowest BCUT2D eigenvalue weighted by Gasteiger charge is -2.26. The smallest absolute Gasteiger partial charge is 0.258 e. The summed E-state index contributed by atoms with van der Waals surface area (Å²) in [5, 5.41) is 2.93. The topological polar surface area (TPSA) is 31.2 Å². The van der Waals surface area contributed by atoms with E-state index in [2.05, 4.69) is 13.0 Å². The summed E-state index contributed by atoms with van der Waals surface area (Å²) >= 11 is 8.46. The van der Waals surface area contributed by atoms with Crippen LogP contribution in [0, 0.1) is 5.92 Å². The minimum Gasteiger partial charge on any atom is -0.497 e. The summed E-state index contributed by atoms with van der Waals surface area (Å²) in [5.74, 6) is 1.65. The molecule has 1 aliphatic carbocycles. The molecule has 0 radical (unpaired) electrons. The quantitative estimate of drug-likeness (QED) is 0.473. The Hall–Kier alpha value is -1.91. The normalized spacial score (nSPS) is 19.4. The zero-order valence-electron chi connectivity index (χ0n) is 16.9. The van der Waals surface area contributed by atoms with Gasteiger partial charge in [0.25, 0.3) is 5.56 Å². The molecule has 3 nitrogen and oxygen atoms in total. The molecule has 0 saturated heterocycles. The van der Waals surface area contributed by atoms with Crippen LogP contribution in [-0.2, 0) is 6.54 Å². The van der Waals surface area contributed by atoms with Crippen LogP contribution in [0.25, 0.3) is 10.8 Å². The number of halogens is 1. The second-order valence-electron chi connectivity index (χ2n) is 7.97. The second kappa shape index (κ2) is 8.85. The lowest BCUT2D eigenvalue weighted by Crippen LogP contribution is -2.20. The number of ether oxygens (including phenoxy) is 1. The number of nitrogens with zero attached hydrogens (tertiary/aromatic N) is 1. The highest BCUT2D eigenvalue weighted by atomic mass is 35.5. The van der Waals surface area contributed by atoms with E-state index in [1.807, 2.05) is 54.4 Å². The minimum atomic E-state index is -0.0109. The predicted molar refractivity (Wildman–Crippen MR) is 123 cm³/mol. The van der Waals surface area contributed by atoms with Gasteiger partial charge in [-0.3, -0.25) is 4.79 Å². The molecule has 0 unspecified atom stereocenters. The van der Waals surface area contributed by atoms with Crippen molar-refractivity contribution in [2.75, 3.05) is 7.11 Å². The molecule has 1 heterocycles. The van der Waals surface area contributed by atoms with Crippen LogP contribution in [0.3, 0.4) is 0 Å². The molecule has 0 bridgehead atoms. The van der Waals surface area contributed by atoms with E-state index in [-0.39, 0.29) is 5.56 Å². The number of hydrogen-bond donors (Lipinski definition) is 0. The van der Waals surface area contributed by atoms with Gasteiger partial charge in [-0.1, -0.05) is 30.7 Å². The molecular weight excluding hydrogens is 402 g/mol. The molecule has 29 heavy (non-hydrogen) atoms. The molecule has 1 aromatic heterocycles. The molecule has 0 aliphatic heterocycles. The van der Waals surface area contributed by atoms with Crippen LogP contribution in [0.2, 0.25) is 5.02 Å². The maximum atomic E-state index is 13.0. The predicted octanol–water partition coefficient (Wildman–Crippen LogP) is 6.38. The summed E-state index contributed by atoms with van der Waals surface area (Å²) in [6.45, 7) is 2.86. The highest BCUT2D eigenvalue weighted by Gasteiger charge is 2.20.